The Balaban J connectivity index is 1.98. The van der Waals surface area contributed by atoms with Crippen LogP contribution in [0.3, 0.4) is 0 Å². The number of benzene rings is 2. The van der Waals surface area contributed by atoms with Gasteiger partial charge in [-0.05, 0) is 35.9 Å². The average Bonchev–Trinajstić information content (AvgIpc) is 2.85. The maximum absolute atomic E-state index is 13.0. The number of hydrogen-bond donors (Lipinski definition) is 1. The van der Waals surface area contributed by atoms with Gasteiger partial charge in [0, 0.05) is 5.69 Å². The summed E-state index contributed by atoms with van der Waals surface area (Å²) in [5.74, 6) is -3.61. The standard InChI is InChI=1S/C18H9Cl2F3N2O4/c19-11-5-4-9(18(21,22)23)7-12(11)25-15(26)13(20)14(16(25)27)24-10-3-1-2-8(6-10)17(28)29/h1-7,24H,(H,28,29)/p-1. The van der Waals surface area contributed by atoms with E-state index in [9.17, 15) is 32.7 Å². The quantitative estimate of drug-likeness (QED) is 0.733. The number of carbonyl (C=O) groups is 3. The van der Waals surface area contributed by atoms with Crippen LogP contribution < -0.4 is 15.3 Å². The van der Waals surface area contributed by atoms with Crippen molar-refractivity contribution in [3.63, 3.8) is 0 Å². The zero-order valence-corrected chi connectivity index (χ0v) is 15.5. The molecule has 0 unspecified atom stereocenters. The van der Waals surface area contributed by atoms with Gasteiger partial charge in [0.2, 0.25) is 0 Å². The molecule has 1 aliphatic rings. The van der Waals surface area contributed by atoms with E-state index in [2.05, 4.69) is 5.32 Å². The van der Waals surface area contributed by atoms with Crippen LogP contribution in [0.25, 0.3) is 0 Å². The van der Waals surface area contributed by atoms with Gasteiger partial charge in [-0.25, -0.2) is 4.90 Å². The summed E-state index contributed by atoms with van der Waals surface area (Å²) in [5.41, 5.74) is -2.16. The van der Waals surface area contributed by atoms with Gasteiger partial charge in [0.25, 0.3) is 11.8 Å². The minimum atomic E-state index is -4.73. The number of nitrogens with one attached hydrogen (secondary N) is 1. The van der Waals surface area contributed by atoms with Gasteiger partial charge in [-0.3, -0.25) is 9.59 Å². The summed E-state index contributed by atoms with van der Waals surface area (Å²) in [4.78, 5) is 36.5. The van der Waals surface area contributed by atoms with Crippen molar-refractivity contribution in [1.29, 1.82) is 0 Å². The van der Waals surface area contributed by atoms with Crippen molar-refractivity contribution in [2.45, 2.75) is 6.18 Å². The number of alkyl halides is 3. The molecular formula is C18H8Cl2F3N2O4-. The molecule has 1 aliphatic heterocycles. The highest BCUT2D eigenvalue weighted by molar-refractivity contribution is 6.53. The van der Waals surface area contributed by atoms with E-state index in [1.807, 2.05) is 0 Å². The average molecular weight is 444 g/mol. The number of rotatable bonds is 4. The first kappa shape index (κ1) is 20.7. The summed E-state index contributed by atoms with van der Waals surface area (Å²) >= 11 is 11.8. The van der Waals surface area contributed by atoms with E-state index >= 15 is 0 Å². The van der Waals surface area contributed by atoms with Gasteiger partial charge in [-0.2, -0.15) is 13.2 Å². The molecule has 2 aromatic rings. The molecule has 2 aromatic carbocycles. The molecule has 3 rings (SSSR count). The van der Waals surface area contributed by atoms with Crippen molar-refractivity contribution < 1.29 is 32.7 Å². The highest BCUT2D eigenvalue weighted by Crippen LogP contribution is 2.38. The van der Waals surface area contributed by atoms with Crippen molar-refractivity contribution >= 4 is 52.4 Å². The van der Waals surface area contributed by atoms with Crippen LogP contribution >= 0.6 is 23.2 Å². The summed E-state index contributed by atoms with van der Waals surface area (Å²) in [5, 5.41) is 12.6. The normalized spacial score (nSPS) is 14.6. The van der Waals surface area contributed by atoms with E-state index < -0.39 is 45.9 Å². The minimum Gasteiger partial charge on any atom is -0.545 e. The van der Waals surface area contributed by atoms with Crippen molar-refractivity contribution in [3.05, 3.63) is 69.3 Å². The lowest BCUT2D eigenvalue weighted by Crippen LogP contribution is -2.32. The van der Waals surface area contributed by atoms with Gasteiger partial charge in [0.05, 0.1) is 22.2 Å². The molecule has 0 atom stereocenters. The molecule has 2 amide bonds. The third-order valence-corrected chi connectivity index (χ3v) is 4.58. The molecule has 0 aromatic heterocycles. The Morgan fingerprint density at radius 2 is 1.72 bits per heavy atom. The van der Waals surface area contributed by atoms with E-state index in [1.54, 1.807) is 0 Å². The summed E-state index contributed by atoms with van der Waals surface area (Å²) in [7, 11) is 0. The number of aromatic carboxylic acids is 1. The number of hydrogen-bond acceptors (Lipinski definition) is 5. The Hall–Kier alpha value is -3.04. The fraction of sp³-hybridized carbons (Fsp3) is 0.0556. The van der Waals surface area contributed by atoms with Crippen molar-refractivity contribution in [1.82, 2.24) is 0 Å². The van der Waals surface area contributed by atoms with Gasteiger partial charge in [-0.15, -0.1) is 0 Å². The monoisotopic (exact) mass is 443 g/mol. The second-order valence-corrected chi connectivity index (χ2v) is 6.58. The van der Waals surface area contributed by atoms with Crippen LogP contribution in [-0.4, -0.2) is 17.8 Å². The van der Waals surface area contributed by atoms with Crippen LogP contribution in [0.4, 0.5) is 24.5 Å². The third-order valence-electron chi connectivity index (χ3n) is 3.91. The minimum absolute atomic E-state index is 0.0954. The molecule has 1 N–H and O–H groups in total. The SMILES string of the molecule is O=C([O-])c1cccc(NC2=C(Cl)C(=O)N(c3cc(C(F)(F)F)ccc3Cl)C2=O)c1. The highest BCUT2D eigenvalue weighted by atomic mass is 35.5. The van der Waals surface area contributed by atoms with E-state index in [4.69, 9.17) is 23.2 Å². The molecular weight excluding hydrogens is 436 g/mol. The molecule has 1 heterocycles. The fourth-order valence-electron chi connectivity index (χ4n) is 2.56. The van der Waals surface area contributed by atoms with Crippen molar-refractivity contribution in [2.75, 3.05) is 10.2 Å². The van der Waals surface area contributed by atoms with Crippen molar-refractivity contribution in [2.24, 2.45) is 0 Å². The third kappa shape index (κ3) is 3.92. The molecule has 0 bridgehead atoms. The number of imide groups is 1. The first-order valence-electron chi connectivity index (χ1n) is 7.74. The fourth-order valence-corrected chi connectivity index (χ4v) is 2.97. The maximum atomic E-state index is 13.0. The largest absolute Gasteiger partial charge is 0.545 e. The Morgan fingerprint density at radius 3 is 2.34 bits per heavy atom. The molecule has 0 spiro atoms. The first-order valence-corrected chi connectivity index (χ1v) is 8.50. The van der Waals surface area contributed by atoms with Crippen LogP contribution in [0.5, 0.6) is 0 Å². The Bertz CT molecular complexity index is 1080. The second-order valence-electron chi connectivity index (χ2n) is 5.79. The van der Waals surface area contributed by atoms with E-state index in [0.29, 0.717) is 17.0 Å². The van der Waals surface area contributed by atoms with Crippen LogP contribution in [0.2, 0.25) is 5.02 Å². The smallest absolute Gasteiger partial charge is 0.416 e. The number of amides is 2. The van der Waals surface area contributed by atoms with Crippen LogP contribution in [0, 0.1) is 0 Å². The topological polar surface area (TPSA) is 89.5 Å². The van der Waals surface area contributed by atoms with E-state index in [-0.39, 0.29) is 16.3 Å². The Labute approximate surface area is 171 Å². The van der Waals surface area contributed by atoms with Crippen LogP contribution in [0.15, 0.2) is 53.2 Å². The number of carboxylic acids is 1. The van der Waals surface area contributed by atoms with E-state index in [0.717, 1.165) is 12.1 Å². The first-order chi connectivity index (χ1) is 13.5. The molecule has 0 aliphatic carbocycles. The summed E-state index contributed by atoms with van der Waals surface area (Å²) in [6.07, 6.45) is -4.73. The molecule has 11 heteroatoms. The lowest BCUT2D eigenvalue weighted by Gasteiger charge is -2.18. The number of nitrogens with zero attached hydrogens (tertiary/aromatic N) is 1. The predicted molar refractivity (Wildman–Crippen MR) is 96.2 cm³/mol. The molecule has 0 fully saturated rings. The maximum Gasteiger partial charge on any atom is 0.416 e. The second kappa shape index (κ2) is 7.41. The number of halogens is 5. The molecule has 0 saturated carbocycles. The zero-order valence-electron chi connectivity index (χ0n) is 14.0. The van der Waals surface area contributed by atoms with Gasteiger partial charge >= 0.3 is 6.18 Å². The molecule has 6 nitrogen and oxygen atoms in total. The zero-order chi connectivity index (χ0) is 21.5. The van der Waals surface area contributed by atoms with Gasteiger partial charge in [0.1, 0.15) is 10.7 Å². The highest BCUT2D eigenvalue weighted by Gasteiger charge is 2.41. The Morgan fingerprint density at radius 1 is 1.03 bits per heavy atom. The Kier molecular flexibility index (Phi) is 5.29. The van der Waals surface area contributed by atoms with Gasteiger partial charge in [-0.1, -0.05) is 35.3 Å². The molecule has 150 valence electrons. The summed E-state index contributed by atoms with van der Waals surface area (Å²) in [6.45, 7) is 0. The summed E-state index contributed by atoms with van der Waals surface area (Å²) in [6, 6.07) is 7.28. The van der Waals surface area contributed by atoms with Crippen molar-refractivity contribution in [3.8, 4) is 0 Å². The molecule has 29 heavy (non-hydrogen) atoms. The number of carbonyl (C=O) groups excluding carboxylic acids is 3. The van der Waals surface area contributed by atoms with Gasteiger partial charge in [0.15, 0.2) is 0 Å². The molecule has 0 saturated heterocycles. The van der Waals surface area contributed by atoms with Crippen LogP contribution in [-0.2, 0) is 15.8 Å². The lowest BCUT2D eigenvalue weighted by atomic mass is 10.1. The lowest BCUT2D eigenvalue weighted by molar-refractivity contribution is -0.255. The number of anilines is 2. The summed E-state index contributed by atoms with van der Waals surface area (Å²) < 4.78 is 39.0. The predicted octanol–water partition coefficient (Wildman–Crippen LogP) is 3.16. The van der Waals surface area contributed by atoms with Crippen LogP contribution in [0.1, 0.15) is 15.9 Å². The molecule has 0 radical (unpaired) electrons. The van der Waals surface area contributed by atoms with Gasteiger partial charge < -0.3 is 15.2 Å². The van der Waals surface area contributed by atoms with E-state index in [1.165, 1.54) is 18.2 Å². The number of carboxylic acid groups (broad SMARTS) is 1.